The monoisotopic (exact) mass is 306 g/mol. The fourth-order valence-corrected chi connectivity index (χ4v) is 2.79. The van der Waals surface area contributed by atoms with Gasteiger partial charge in [0.2, 0.25) is 0 Å². The molecule has 2 nitrogen and oxygen atoms in total. The summed E-state index contributed by atoms with van der Waals surface area (Å²) in [7, 11) is 0. The van der Waals surface area contributed by atoms with Crippen molar-refractivity contribution in [3.8, 4) is 0 Å². The molecule has 0 spiro atoms. The van der Waals surface area contributed by atoms with Gasteiger partial charge in [-0.15, -0.1) is 0 Å². The summed E-state index contributed by atoms with van der Waals surface area (Å²) in [5, 5.41) is 0. The molecule has 0 bridgehead atoms. The molecule has 22 heavy (non-hydrogen) atoms. The molecule has 0 heterocycles. The SMILES string of the molecule is C=C(C=CC(=C)C(C)CC)OC(C)OCCC1CCCCC1. The average molecular weight is 306 g/mol. The summed E-state index contributed by atoms with van der Waals surface area (Å²) in [4.78, 5) is 0. The van der Waals surface area contributed by atoms with Crippen LogP contribution in [0.25, 0.3) is 0 Å². The Morgan fingerprint density at radius 1 is 1.14 bits per heavy atom. The minimum Gasteiger partial charge on any atom is -0.466 e. The van der Waals surface area contributed by atoms with E-state index in [2.05, 4.69) is 27.0 Å². The predicted octanol–water partition coefficient (Wildman–Crippen LogP) is 6.01. The van der Waals surface area contributed by atoms with Gasteiger partial charge in [-0.25, -0.2) is 0 Å². The summed E-state index contributed by atoms with van der Waals surface area (Å²) in [6.45, 7) is 15.0. The molecule has 2 unspecified atom stereocenters. The fraction of sp³-hybridized carbons (Fsp3) is 0.700. The largest absolute Gasteiger partial charge is 0.466 e. The summed E-state index contributed by atoms with van der Waals surface area (Å²) in [5.74, 6) is 1.98. The van der Waals surface area contributed by atoms with Crippen LogP contribution >= 0.6 is 0 Å². The van der Waals surface area contributed by atoms with Gasteiger partial charge in [-0.1, -0.05) is 70.8 Å². The highest BCUT2D eigenvalue weighted by atomic mass is 16.7. The van der Waals surface area contributed by atoms with Crippen LogP contribution in [0.5, 0.6) is 0 Å². The third kappa shape index (κ3) is 7.84. The van der Waals surface area contributed by atoms with Crippen molar-refractivity contribution in [2.45, 2.75) is 72.0 Å². The van der Waals surface area contributed by atoms with E-state index in [9.17, 15) is 0 Å². The van der Waals surface area contributed by atoms with E-state index in [0.29, 0.717) is 11.7 Å². The summed E-state index contributed by atoms with van der Waals surface area (Å²) < 4.78 is 11.4. The van der Waals surface area contributed by atoms with Crippen molar-refractivity contribution in [2.24, 2.45) is 11.8 Å². The van der Waals surface area contributed by atoms with Crippen molar-refractivity contribution >= 4 is 0 Å². The standard InChI is InChI=1S/C20H34O2/c1-6-16(2)17(3)12-13-18(4)22-19(5)21-15-14-20-10-8-7-9-11-20/h12-13,16,19-20H,3-4,6-11,14-15H2,1-2,5H3. The van der Waals surface area contributed by atoms with Crippen LogP contribution in [0.3, 0.4) is 0 Å². The first-order valence-corrected chi connectivity index (χ1v) is 8.87. The molecule has 0 aliphatic heterocycles. The van der Waals surface area contributed by atoms with Crippen LogP contribution < -0.4 is 0 Å². The van der Waals surface area contributed by atoms with E-state index in [0.717, 1.165) is 30.9 Å². The van der Waals surface area contributed by atoms with Crippen molar-refractivity contribution in [1.29, 1.82) is 0 Å². The second-order valence-electron chi connectivity index (χ2n) is 6.53. The van der Waals surface area contributed by atoms with Crippen molar-refractivity contribution in [3.05, 3.63) is 36.6 Å². The molecule has 2 atom stereocenters. The van der Waals surface area contributed by atoms with Crippen molar-refractivity contribution in [1.82, 2.24) is 0 Å². The molecular weight excluding hydrogens is 272 g/mol. The molecule has 0 aromatic carbocycles. The predicted molar refractivity (Wildman–Crippen MR) is 94.6 cm³/mol. The van der Waals surface area contributed by atoms with Gasteiger partial charge >= 0.3 is 0 Å². The molecule has 0 aromatic rings. The van der Waals surface area contributed by atoms with Crippen LogP contribution in [0.1, 0.15) is 65.7 Å². The Labute approximate surface area is 137 Å². The van der Waals surface area contributed by atoms with Gasteiger partial charge in [-0.2, -0.15) is 0 Å². The zero-order valence-electron chi connectivity index (χ0n) is 14.8. The molecule has 2 heteroatoms. The number of ether oxygens (including phenoxy) is 2. The van der Waals surface area contributed by atoms with Gasteiger partial charge in [-0.05, 0) is 37.7 Å². The summed E-state index contributed by atoms with van der Waals surface area (Å²) in [6.07, 6.45) is 12.8. The van der Waals surface area contributed by atoms with Crippen LogP contribution in [-0.2, 0) is 9.47 Å². The highest BCUT2D eigenvalue weighted by Crippen LogP contribution is 2.26. The molecule has 1 rings (SSSR count). The molecule has 126 valence electrons. The van der Waals surface area contributed by atoms with Gasteiger partial charge < -0.3 is 9.47 Å². The van der Waals surface area contributed by atoms with Gasteiger partial charge in [0.1, 0.15) is 5.76 Å². The quantitative estimate of drug-likeness (QED) is 0.279. The summed E-state index contributed by atoms with van der Waals surface area (Å²) in [5.41, 5.74) is 1.11. The molecule has 1 fully saturated rings. The number of rotatable bonds is 10. The Hall–Kier alpha value is -1.02. The molecule has 1 saturated carbocycles. The lowest BCUT2D eigenvalue weighted by Gasteiger charge is -2.22. The molecule has 0 saturated heterocycles. The van der Waals surface area contributed by atoms with Crippen molar-refractivity contribution in [3.63, 3.8) is 0 Å². The second kappa shape index (κ2) is 10.7. The summed E-state index contributed by atoms with van der Waals surface area (Å²) >= 11 is 0. The maximum absolute atomic E-state index is 5.75. The lowest BCUT2D eigenvalue weighted by Crippen LogP contribution is -2.16. The Bertz CT molecular complexity index is 364. The minimum absolute atomic E-state index is 0.238. The first-order valence-electron chi connectivity index (χ1n) is 8.87. The summed E-state index contributed by atoms with van der Waals surface area (Å²) in [6, 6.07) is 0. The lowest BCUT2D eigenvalue weighted by atomic mass is 9.87. The Balaban J connectivity index is 2.17. The third-order valence-electron chi connectivity index (χ3n) is 4.65. The molecular formula is C20H34O2. The van der Waals surface area contributed by atoms with E-state index in [1.54, 1.807) is 0 Å². The highest BCUT2D eigenvalue weighted by molar-refractivity contribution is 5.22. The van der Waals surface area contributed by atoms with Crippen LogP contribution in [0.4, 0.5) is 0 Å². The molecule has 1 aliphatic carbocycles. The second-order valence-corrected chi connectivity index (χ2v) is 6.53. The van der Waals surface area contributed by atoms with Gasteiger partial charge in [0.05, 0.1) is 6.61 Å². The Morgan fingerprint density at radius 2 is 1.82 bits per heavy atom. The fourth-order valence-electron chi connectivity index (χ4n) is 2.79. The first-order chi connectivity index (χ1) is 10.5. The smallest absolute Gasteiger partial charge is 0.196 e. The van der Waals surface area contributed by atoms with E-state index in [-0.39, 0.29) is 6.29 Å². The van der Waals surface area contributed by atoms with Gasteiger partial charge in [0, 0.05) is 0 Å². The number of hydrogen-bond donors (Lipinski definition) is 0. The van der Waals surface area contributed by atoms with Crippen LogP contribution in [0.2, 0.25) is 0 Å². The highest BCUT2D eigenvalue weighted by Gasteiger charge is 2.13. The van der Waals surface area contributed by atoms with Crippen molar-refractivity contribution in [2.75, 3.05) is 6.61 Å². The van der Waals surface area contributed by atoms with Gasteiger partial charge in [-0.3, -0.25) is 0 Å². The van der Waals surface area contributed by atoms with Gasteiger partial charge in [0.15, 0.2) is 6.29 Å². The van der Waals surface area contributed by atoms with Crippen LogP contribution in [0, 0.1) is 11.8 Å². The zero-order valence-corrected chi connectivity index (χ0v) is 14.8. The molecule has 0 radical (unpaired) electrons. The van der Waals surface area contributed by atoms with E-state index in [1.807, 2.05) is 19.1 Å². The lowest BCUT2D eigenvalue weighted by molar-refractivity contribution is -0.103. The molecule has 0 aromatic heterocycles. The minimum atomic E-state index is -0.238. The number of allylic oxidation sites excluding steroid dienone is 3. The maximum atomic E-state index is 5.75. The zero-order chi connectivity index (χ0) is 16.4. The molecule has 0 amide bonds. The molecule has 0 N–H and O–H groups in total. The van der Waals surface area contributed by atoms with E-state index in [4.69, 9.17) is 9.47 Å². The van der Waals surface area contributed by atoms with Crippen LogP contribution in [0.15, 0.2) is 36.6 Å². The van der Waals surface area contributed by atoms with Crippen LogP contribution in [-0.4, -0.2) is 12.9 Å². The third-order valence-corrected chi connectivity index (χ3v) is 4.65. The molecule has 1 aliphatic rings. The van der Waals surface area contributed by atoms with E-state index in [1.165, 1.54) is 32.1 Å². The maximum Gasteiger partial charge on any atom is 0.196 e. The van der Waals surface area contributed by atoms with E-state index < -0.39 is 0 Å². The van der Waals surface area contributed by atoms with Crippen molar-refractivity contribution < 1.29 is 9.47 Å². The Kier molecular flexibility index (Phi) is 9.22. The van der Waals surface area contributed by atoms with Gasteiger partial charge in [0.25, 0.3) is 0 Å². The Morgan fingerprint density at radius 3 is 2.45 bits per heavy atom. The van der Waals surface area contributed by atoms with E-state index >= 15 is 0 Å². The first kappa shape index (κ1) is 19.0. The normalized spacial score (nSPS) is 19.0. The topological polar surface area (TPSA) is 18.5 Å². The number of hydrogen-bond acceptors (Lipinski definition) is 2. The average Bonchev–Trinajstić information content (AvgIpc) is 2.52.